The van der Waals surface area contributed by atoms with Gasteiger partial charge in [-0.1, -0.05) is 48.5 Å². The third-order valence-electron chi connectivity index (χ3n) is 8.87. The van der Waals surface area contributed by atoms with Crippen LogP contribution in [-0.4, -0.2) is 125 Å². The summed E-state index contributed by atoms with van der Waals surface area (Å²) in [6.07, 6.45) is 6.84. The first-order valence-electron chi connectivity index (χ1n) is 20.7. The van der Waals surface area contributed by atoms with Crippen LogP contribution >= 0.6 is 0 Å². The van der Waals surface area contributed by atoms with Gasteiger partial charge in [-0.2, -0.15) is 0 Å². The molecule has 61 heavy (non-hydrogen) atoms. The lowest BCUT2D eigenvalue weighted by Gasteiger charge is -2.22. The Labute approximate surface area is 358 Å². The average Bonchev–Trinajstić information content (AvgIpc) is 3.22. The molecule has 5 N–H and O–H groups in total. The van der Waals surface area contributed by atoms with E-state index < -0.39 is 35.8 Å². The Morgan fingerprint density at radius 2 is 1.00 bits per heavy atom. The molecule has 0 spiro atoms. The summed E-state index contributed by atoms with van der Waals surface area (Å²) in [6.45, 7) is 20.8. The van der Waals surface area contributed by atoms with E-state index >= 15 is 0 Å². The van der Waals surface area contributed by atoms with Crippen molar-refractivity contribution in [3.05, 3.63) is 54.1 Å². The minimum atomic E-state index is -0.925. The molecule has 18 heteroatoms. The summed E-state index contributed by atoms with van der Waals surface area (Å²) >= 11 is 0. The molecule has 0 aromatic carbocycles. The van der Waals surface area contributed by atoms with E-state index in [0.29, 0.717) is 59.5 Å². The van der Waals surface area contributed by atoms with Crippen LogP contribution < -0.4 is 26.6 Å². The van der Waals surface area contributed by atoms with Gasteiger partial charge in [0.05, 0.1) is 51.0 Å². The maximum Gasteiger partial charge on any atom is 0.251 e. The topological polar surface area (TPSA) is 238 Å². The summed E-state index contributed by atoms with van der Waals surface area (Å²) in [6, 6.07) is 0.792. The zero-order valence-electron chi connectivity index (χ0n) is 37.2. The number of nitrogens with zero attached hydrogens (tertiary/aromatic N) is 5. The van der Waals surface area contributed by atoms with E-state index in [-0.39, 0.29) is 68.5 Å². The van der Waals surface area contributed by atoms with Crippen molar-refractivity contribution in [1.29, 1.82) is 0 Å². The van der Waals surface area contributed by atoms with Gasteiger partial charge in [-0.15, -0.1) is 0 Å². The number of hydrogen-bond donors (Lipinski definition) is 5. The molecule has 3 aromatic heterocycles. The van der Waals surface area contributed by atoms with Crippen molar-refractivity contribution < 1.29 is 38.2 Å². The monoisotopic (exact) mass is 848 g/mol. The average molecular weight is 849 g/mol. The molecule has 0 saturated heterocycles. The molecule has 3 rings (SSSR count). The molecule has 3 atom stereocenters. The van der Waals surface area contributed by atoms with E-state index in [2.05, 4.69) is 46.5 Å². The van der Waals surface area contributed by atoms with Crippen molar-refractivity contribution in [2.75, 3.05) is 52.7 Å². The highest BCUT2D eigenvalue weighted by atomic mass is 16.5. The van der Waals surface area contributed by atoms with Gasteiger partial charge in [0.1, 0.15) is 29.8 Å². The first-order valence-corrected chi connectivity index (χ1v) is 20.7. The van der Waals surface area contributed by atoms with Gasteiger partial charge in [-0.25, -0.2) is 24.9 Å². The molecule has 18 nitrogen and oxygen atoms in total. The summed E-state index contributed by atoms with van der Waals surface area (Å²) in [5.74, 6) is -0.323. The van der Waals surface area contributed by atoms with Crippen molar-refractivity contribution in [2.24, 2.45) is 5.41 Å². The molecule has 0 bridgehead atoms. The van der Waals surface area contributed by atoms with Gasteiger partial charge in [0, 0.05) is 72.8 Å². The number of carbonyl (C=O) groups is 5. The Morgan fingerprint density at radius 3 is 1.46 bits per heavy atom. The second-order valence-electron chi connectivity index (χ2n) is 16.5. The fraction of sp³-hybridized carbons (Fsp3) is 0.581. The predicted octanol–water partition coefficient (Wildman–Crippen LogP) is 3.09. The number of nitrogens with one attached hydrogen (secondary N) is 5. The molecule has 0 unspecified atom stereocenters. The van der Waals surface area contributed by atoms with Crippen LogP contribution in [0.2, 0.25) is 0 Å². The van der Waals surface area contributed by atoms with Crippen LogP contribution in [0, 0.1) is 5.41 Å². The first-order chi connectivity index (χ1) is 28.8. The second-order valence-corrected chi connectivity index (χ2v) is 16.5. The third kappa shape index (κ3) is 18.0. The van der Waals surface area contributed by atoms with Gasteiger partial charge in [0.2, 0.25) is 23.6 Å². The molecule has 0 aliphatic heterocycles. The largest absolute Gasteiger partial charge is 0.379 e. The fourth-order valence-electron chi connectivity index (χ4n) is 5.23. The third-order valence-corrected chi connectivity index (χ3v) is 8.87. The summed E-state index contributed by atoms with van der Waals surface area (Å²) < 4.78 is 16.6. The highest BCUT2D eigenvalue weighted by Gasteiger charge is 2.24. The molecule has 334 valence electrons. The lowest BCUT2D eigenvalue weighted by atomic mass is 9.97. The Bertz CT molecular complexity index is 1820. The summed E-state index contributed by atoms with van der Waals surface area (Å²) in [7, 11) is 0. The molecule has 5 amide bonds. The quantitative estimate of drug-likeness (QED) is 0.0816. The second kappa shape index (κ2) is 24.7. The van der Waals surface area contributed by atoms with Crippen molar-refractivity contribution >= 4 is 29.5 Å². The number of aromatic nitrogens is 5. The number of carbonyl (C=O) groups excluding carboxylic acids is 5. The number of ether oxygens (including phenoxy) is 3. The molecular formula is C43H64N10O8. The number of hydrogen-bond acceptors (Lipinski definition) is 13. The normalized spacial score (nSPS) is 13.0. The van der Waals surface area contributed by atoms with Crippen LogP contribution in [0.5, 0.6) is 0 Å². The highest BCUT2D eigenvalue weighted by Crippen LogP contribution is 2.25. The lowest BCUT2D eigenvalue weighted by Crippen LogP contribution is -2.55. The number of amides is 5. The van der Waals surface area contributed by atoms with E-state index in [1.54, 1.807) is 43.8 Å². The van der Waals surface area contributed by atoms with Gasteiger partial charge in [-0.05, 0) is 38.3 Å². The van der Waals surface area contributed by atoms with Crippen LogP contribution in [0.4, 0.5) is 0 Å². The molecule has 3 aromatic rings. The van der Waals surface area contributed by atoms with Crippen LogP contribution in [-0.2, 0) is 33.4 Å². The van der Waals surface area contributed by atoms with E-state index in [1.807, 2.05) is 48.5 Å². The number of rotatable bonds is 24. The van der Waals surface area contributed by atoms with Crippen LogP contribution in [0.3, 0.4) is 0 Å². The summed E-state index contributed by atoms with van der Waals surface area (Å²) in [4.78, 5) is 85.6. The fourth-order valence-corrected chi connectivity index (χ4v) is 5.23. The Kier molecular flexibility index (Phi) is 20.2. The van der Waals surface area contributed by atoms with Crippen molar-refractivity contribution in [2.45, 2.75) is 106 Å². The molecule has 0 fully saturated rings. The molecular weight excluding hydrogens is 785 g/mol. The Morgan fingerprint density at radius 1 is 0.574 bits per heavy atom. The molecule has 0 aliphatic carbocycles. The van der Waals surface area contributed by atoms with Crippen LogP contribution in [0.1, 0.15) is 110 Å². The molecule has 0 saturated carbocycles. The minimum absolute atomic E-state index is 0.0193. The standard InChI is InChI=1S/C43H64N10O8/c1-26(2)37-45-21-32(22-46-37)34-19-31(20-35(53-34)33-23-47-38(27(3)4)48-24-33)42(58)44-12-14-60-16-18-61-17-15-59-13-11-36(54)50-29(6)40(56)52-30(7)41(57)51-28(5)39(55)49-25-43(8,9)10/h19-24,26-30H,11-18,25H2,1-10H3,(H,44,58)(H,49,55)(H,50,54)(H,51,57)(H,52,56)/t28-,29-,30-/m0/s1. The van der Waals surface area contributed by atoms with Crippen LogP contribution in [0.25, 0.3) is 22.5 Å². The van der Waals surface area contributed by atoms with E-state index in [4.69, 9.17) is 19.2 Å². The Hall–Kier alpha value is -5.46. The SMILES string of the molecule is CC(C)c1ncc(-c2cc(C(=O)NCCOCCOCCOCCC(=O)N[C@@H](C)C(=O)N[C@@H](C)C(=O)N[C@@H](C)C(=O)NCC(C)(C)C)cc(-c3cnc(C(C)C)nc3)n2)cn1. The minimum Gasteiger partial charge on any atom is -0.379 e. The summed E-state index contributed by atoms with van der Waals surface area (Å²) in [5, 5.41) is 13.4. The highest BCUT2D eigenvalue weighted by molar-refractivity contribution is 5.96. The zero-order valence-corrected chi connectivity index (χ0v) is 37.2. The summed E-state index contributed by atoms with van der Waals surface area (Å²) in [5.41, 5.74) is 2.73. The van der Waals surface area contributed by atoms with E-state index in [9.17, 15) is 24.0 Å². The van der Waals surface area contributed by atoms with Gasteiger partial charge in [0.15, 0.2) is 0 Å². The first kappa shape index (κ1) is 49.9. The van der Waals surface area contributed by atoms with Crippen molar-refractivity contribution in [3.8, 4) is 22.5 Å². The van der Waals surface area contributed by atoms with Gasteiger partial charge in [-0.3, -0.25) is 24.0 Å². The molecule has 3 heterocycles. The maximum atomic E-state index is 13.3. The van der Waals surface area contributed by atoms with E-state index in [1.165, 1.54) is 13.8 Å². The van der Waals surface area contributed by atoms with Crippen molar-refractivity contribution in [1.82, 2.24) is 51.5 Å². The number of pyridine rings is 1. The smallest absolute Gasteiger partial charge is 0.251 e. The Balaban J connectivity index is 1.31. The predicted molar refractivity (Wildman–Crippen MR) is 229 cm³/mol. The van der Waals surface area contributed by atoms with Gasteiger partial charge < -0.3 is 40.8 Å². The zero-order chi connectivity index (χ0) is 45.1. The molecule has 0 aliphatic rings. The van der Waals surface area contributed by atoms with Crippen LogP contribution in [0.15, 0.2) is 36.9 Å². The van der Waals surface area contributed by atoms with Gasteiger partial charge in [0.25, 0.3) is 5.91 Å². The lowest BCUT2D eigenvalue weighted by molar-refractivity contribution is -0.133. The van der Waals surface area contributed by atoms with Crippen molar-refractivity contribution in [3.63, 3.8) is 0 Å². The van der Waals surface area contributed by atoms with E-state index in [0.717, 1.165) is 0 Å². The molecule has 0 radical (unpaired) electrons. The maximum absolute atomic E-state index is 13.3. The van der Waals surface area contributed by atoms with Gasteiger partial charge >= 0.3 is 0 Å².